The molecule has 1 rings (SSSR count). The van der Waals surface area contributed by atoms with Crippen LogP contribution in [0, 0.1) is 11.6 Å². The zero-order valence-electron chi connectivity index (χ0n) is 8.28. The van der Waals surface area contributed by atoms with E-state index in [1.165, 1.54) is 6.07 Å². The first-order valence-corrected chi connectivity index (χ1v) is 4.44. The molecule has 15 heavy (non-hydrogen) atoms. The van der Waals surface area contributed by atoms with Crippen molar-refractivity contribution in [1.82, 2.24) is 0 Å². The van der Waals surface area contributed by atoms with Gasteiger partial charge in [-0.1, -0.05) is 13.0 Å². The maximum absolute atomic E-state index is 12.8. The topological polar surface area (TPSA) is 46.2 Å². The van der Waals surface area contributed by atoms with Crippen molar-refractivity contribution < 1.29 is 13.9 Å². The molecule has 0 amide bonds. The van der Waals surface area contributed by atoms with Gasteiger partial charge in [0, 0.05) is 0 Å². The van der Waals surface area contributed by atoms with Gasteiger partial charge in [-0.05, 0) is 24.1 Å². The molecular weight excluding hydrogens is 224 g/mol. The predicted octanol–water partition coefficient (Wildman–Crippen LogP) is 2.16. The molecule has 0 fully saturated rings. The Bertz CT molecular complexity index is 322. The Kier molecular flexibility index (Phi) is 5.72. The fourth-order valence-electron chi connectivity index (χ4n) is 1.20. The van der Waals surface area contributed by atoms with Crippen molar-refractivity contribution in [3.63, 3.8) is 0 Å². The van der Waals surface area contributed by atoms with Crippen LogP contribution < -0.4 is 5.73 Å². The van der Waals surface area contributed by atoms with Gasteiger partial charge in [0.15, 0.2) is 11.6 Å². The molecule has 2 atom stereocenters. The minimum Gasteiger partial charge on any atom is -0.391 e. The molecule has 5 heteroatoms. The molecular formula is C10H14ClF2NO. The number of aliphatic hydroxyl groups excluding tert-OH is 1. The van der Waals surface area contributed by atoms with Crippen LogP contribution in [0.4, 0.5) is 8.78 Å². The molecule has 0 aromatic heterocycles. The average molecular weight is 238 g/mol. The van der Waals surface area contributed by atoms with Crippen molar-refractivity contribution in [2.45, 2.75) is 25.5 Å². The zero-order chi connectivity index (χ0) is 10.7. The Morgan fingerprint density at radius 1 is 1.33 bits per heavy atom. The summed E-state index contributed by atoms with van der Waals surface area (Å²) in [5, 5.41) is 9.40. The lowest BCUT2D eigenvalue weighted by molar-refractivity contribution is 0.140. The fraction of sp³-hybridized carbons (Fsp3) is 0.400. The van der Waals surface area contributed by atoms with E-state index in [0.29, 0.717) is 12.0 Å². The maximum Gasteiger partial charge on any atom is 0.159 e. The maximum atomic E-state index is 12.8. The first-order valence-electron chi connectivity index (χ1n) is 4.44. The van der Waals surface area contributed by atoms with Gasteiger partial charge in [-0.15, -0.1) is 12.4 Å². The van der Waals surface area contributed by atoms with Gasteiger partial charge in [-0.2, -0.15) is 0 Å². The first-order chi connectivity index (χ1) is 6.56. The number of aliphatic hydroxyl groups is 1. The van der Waals surface area contributed by atoms with Gasteiger partial charge < -0.3 is 10.8 Å². The SMILES string of the molecule is CC[C@H](O)[C@H](N)c1ccc(F)c(F)c1.Cl. The molecule has 0 spiro atoms. The number of hydrogen-bond acceptors (Lipinski definition) is 2. The lowest BCUT2D eigenvalue weighted by atomic mass is 10.0. The molecule has 0 aliphatic rings. The lowest BCUT2D eigenvalue weighted by Gasteiger charge is -2.17. The van der Waals surface area contributed by atoms with Crippen molar-refractivity contribution in [3.8, 4) is 0 Å². The highest BCUT2D eigenvalue weighted by Crippen LogP contribution is 2.18. The summed E-state index contributed by atoms with van der Waals surface area (Å²) < 4.78 is 25.4. The molecule has 1 aromatic rings. The van der Waals surface area contributed by atoms with Gasteiger partial charge >= 0.3 is 0 Å². The van der Waals surface area contributed by atoms with Gasteiger partial charge in [0.05, 0.1) is 12.1 Å². The van der Waals surface area contributed by atoms with Gasteiger partial charge in [-0.3, -0.25) is 0 Å². The molecule has 0 radical (unpaired) electrons. The molecule has 0 saturated heterocycles. The van der Waals surface area contributed by atoms with E-state index in [-0.39, 0.29) is 12.4 Å². The summed E-state index contributed by atoms with van der Waals surface area (Å²) in [6.45, 7) is 1.77. The van der Waals surface area contributed by atoms with Crippen molar-refractivity contribution in [3.05, 3.63) is 35.4 Å². The summed E-state index contributed by atoms with van der Waals surface area (Å²) in [6.07, 6.45) is -0.264. The van der Waals surface area contributed by atoms with Crippen LogP contribution in [0.15, 0.2) is 18.2 Å². The van der Waals surface area contributed by atoms with Gasteiger partial charge in [0.25, 0.3) is 0 Å². The number of halogens is 3. The summed E-state index contributed by atoms with van der Waals surface area (Å²) in [6, 6.07) is 2.73. The van der Waals surface area contributed by atoms with Crippen molar-refractivity contribution in [2.24, 2.45) is 5.73 Å². The van der Waals surface area contributed by atoms with Crippen LogP contribution in [0.25, 0.3) is 0 Å². The number of benzene rings is 1. The van der Waals surface area contributed by atoms with E-state index in [4.69, 9.17) is 5.73 Å². The van der Waals surface area contributed by atoms with E-state index < -0.39 is 23.8 Å². The van der Waals surface area contributed by atoms with Crippen LogP contribution in [0.3, 0.4) is 0 Å². The number of rotatable bonds is 3. The smallest absolute Gasteiger partial charge is 0.159 e. The third kappa shape index (κ3) is 3.41. The normalized spacial score (nSPS) is 14.2. The van der Waals surface area contributed by atoms with E-state index in [1.54, 1.807) is 6.92 Å². The minimum atomic E-state index is -0.943. The predicted molar refractivity (Wildman–Crippen MR) is 56.8 cm³/mol. The summed E-state index contributed by atoms with van der Waals surface area (Å²) >= 11 is 0. The summed E-state index contributed by atoms with van der Waals surface area (Å²) in [7, 11) is 0. The Morgan fingerprint density at radius 2 is 1.93 bits per heavy atom. The van der Waals surface area contributed by atoms with Crippen LogP contribution >= 0.6 is 12.4 Å². The minimum absolute atomic E-state index is 0. The summed E-state index contributed by atoms with van der Waals surface area (Å²) in [5.41, 5.74) is 6.03. The van der Waals surface area contributed by atoms with Crippen LogP contribution in [0.2, 0.25) is 0 Å². The lowest BCUT2D eigenvalue weighted by Crippen LogP contribution is -2.25. The molecule has 1 aromatic carbocycles. The number of hydrogen-bond donors (Lipinski definition) is 2. The quantitative estimate of drug-likeness (QED) is 0.846. The van der Waals surface area contributed by atoms with Crippen LogP contribution in [-0.4, -0.2) is 11.2 Å². The van der Waals surface area contributed by atoms with E-state index >= 15 is 0 Å². The first kappa shape index (κ1) is 14.3. The summed E-state index contributed by atoms with van der Waals surface area (Å²) in [5.74, 6) is -1.85. The second-order valence-electron chi connectivity index (χ2n) is 3.17. The molecule has 0 unspecified atom stereocenters. The Hall–Kier alpha value is -0.710. The van der Waals surface area contributed by atoms with Gasteiger partial charge in [0.1, 0.15) is 0 Å². The van der Waals surface area contributed by atoms with E-state index in [0.717, 1.165) is 12.1 Å². The molecule has 0 aliphatic heterocycles. The van der Waals surface area contributed by atoms with E-state index in [1.807, 2.05) is 0 Å². The standard InChI is InChI=1S/C10H13F2NO.ClH/c1-2-9(14)10(13)6-3-4-7(11)8(12)5-6;/h3-5,9-10,14H,2,13H2,1H3;1H/t9-,10+;/m0./s1. The second kappa shape index (κ2) is 6.00. The highest BCUT2D eigenvalue weighted by molar-refractivity contribution is 5.85. The molecule has 2 nitrogen and oxygen atoms in total. The van der Waals surface area contributed by atoms with Crippen molar-refractivity contribution in [1.29, 1.82) is 0 Å². The van der Waals surface area contributed by atoms with Crippen molar-refractivity contribution >= 4 is 12.4 Å². The fourth-order valence-corrected chi connectivity index (χ4v) is 1.20. The van der Waals surface area contributed by atoms with Crippen LogP contribution in [0.5, 0.6) is 0 Å². The van der Waals surface area contributed by atoms with E-state index in [9.17, 15) is 13.9 Å². The van der Waals surface area contributed by atoms with Crippen molar-refractivity contribution in [2.75, 3.05) is 0 Å². The highest BCUT2D eigenvalue weighted by atomic mass is 35.5. The van der Waals surface area contributed by atoms with Crippen LogP contribution in [-0.2, 0) is 0 Å². The zero-order valence-corrected chi connectivity index (χ0v) is 9.10. The Morgan fingerprint density at radius 3 is 2.40 bits per heavy atom. The molecule has 86 valence electrons. The summed E-state index contributed by atoms with van der Waals surface area (Å²) in [4.78, 5) is 0. The number of nitrogens with two attached hydrogens (primary N) is 1. The molecule has 0 heterocycles. The third-order valence-corrected chi connectivity index (χ3v) is 2.16. The largest absolute Gasteiger partial charge is 0.391 e. The average Bonchev–Trinajstić information content (AvgIpc) is 2.20. The second-order valence-corrected chi connectivity index (χ2v) is 3.17. The third-order valence-electron chi connectivity index (χ3n) is 2.16. The van der Waals surface area contributed by atoms with Crippen LogP contribution in [0.1, 0.15) is 24.9 Å². The molecule has 3 N–H and O–H groups in total. The molecule has 0 saturated carbocycles. The Balaban J connectivity index is 0.00000196. The highest BCUT2D eigenvalue weighted by Gasteiger charge is 2.16. The van der Waals surface area contributed by atoms with Gasteiger partial charge in [0.2, 0.25) is 0 Å². The van der Waals surface area contributed by atoms with Gasteiger partial charge in [-0.25, -0.2) is 8.78 Å². The Labute approximate surface area is 93.5 Å². The molecule has 0 aliphatic carbocycles. The molecule has 0 bridgehead atoms. The monoisotopic (exact) mass is 237 g/mol. The van der Waals surface area contributed by atoms with E-state index in [2.05, 4.69) is 0 Å².